The van der Waals surface area contributed by atoms with Crippen LogP contribution in [0.5, 0.6) is 0 Å². The van der Waals surface area contributed by atoms with Gasteiger partial charge < -0.3 is 54.7 Å². The number of unbranched alkanes of at least 4 members (excludes halogenated alkanes) is 10. The van der Waals surface area contributed by atoms with Crippen molar-refractivity contribution >= 4 is 5.97 Å². The average molecular weight is 553 g/mol. The summed E-state index contributed by atoms with van der Waals surface area (Å²) in [5.74, 6) is -0.630. The summed E-state index contributed by atoms with van der Waals surface area (Å²) in [5, 5.41) is 70.2. The van der Waals surface area contributed by atoms with Crippen molar-refractivity contribution in [3.8, 4) is 0 Å². The molecule has 12 heteroatoms. The van der Waals surface area contributed by atoms with Crippen molar-refractivity contribution in [2.75, 3.05) is 13.2 Å². The van der Waals surface area contributed by atoms with Crippen molar-refractivity contribution in [2.24, 2.45) is 0 Å². The van der Waals surface area contributed by atoms with Crippen LogP contribution in [0.2, 0.25) is 0 Å². The Hall–Kier alpha value is -0.930. The van der Waals surface area contributed by atoms with Crippen LogP contribution in [0, 0.1) is 0 Å². The van der Waals surface area contributed by atoms with Gasteiger partial charge in [0.05, 0.1) is 13.2 Å². The smallest absolute Gasteiger partial charge is 0.306 e. The Labute approximate surface area is 224 Å². The van der Waals surface area contributed by atoms with E-state index >= 15 is 0 Å². The van der Waals surface area contributed by atoms with Gasteiger partial charge in [0, 0.05) is 6.42 Å². The van der Waals surface area contributed by atoms with Gasteiger partial charge in [-0.1, -0.05) is 71.1 Å². The number of carbonyl (C=O) groups excluding carboxylic acids is 1. The van der Waals surface area contributed by atoms with Gasteiger partial charge >= 0.3 is 5.97 Å². The predicted molar refractivity (Wildman–Crippen MR) is 134 cm³/mol. The SMILES string of the molecule is CCCCCCCCCCCCCC(=O)O[C@@H]1[C@@H](O)[C@@H](O[C@H]2[C@H](O)[C@@H](O)[C@H](O)O[C@@H]2CO)O[C@H](CO)[C@H]1O. The van der Waals surface area contributed by atoms with E-state index in [0.29, 0.717) is 6.42 Å². The van der Waals surface area contributed by atoms with Crippen molar-refractivity contribution < 1.29 is 59.5 Å². The van der Waals surface area contributed by atoms with E-state index in [1.807, 2.05) is 0 Å². The molecule has 2 aliphatic heterocycles. The third-order valence-corrected chi connectivity index (χ3v) is 7.20. The summed E-state index contributed by atoms with van der Waals surface area (Å²) in [6.07, 6.45) is -3.19. The molecule has 2 rings (SSSR count). The fourth-order valence-electron chi connectivity index (χ4n) is 4.84. The number of carbonyl (C=O) groups is 1. The average Bonchev–Trinajstić information content (AvgIpc) is 2.91. The minimum Gasteiger partial charge on any atom is -0.456 e. The largest absolute Gasteiger partial charge is 0.456 e. The second kappa shape index (κ2) is 17.7. The molecule has 0 amide bonds. The van der Waals surface area contributed by atoms with E-state index in [0.717, 1.165) is 19.3 Å². The van der Waals surface area contributed by atoms with Crippen LogP contribution < -0.4 is 0 Å². The predicted octanol–water partition coefficient (Wildman–Crippen LogP) is -0.145. The summed E-state index contributed by atoms with van der Waals surface area (Å²) >= 11 is 0. The second-order valence-electron chi connectivity index (χ2n) is 10.3. The Kier molecular flexibility index (Phi) is 15.5. The maximum atomic E-state index is 12.4. The summed E-state index contributed by atoms with van der Waals surface area (Å²) in [6.45, 7) is 0.821. The normalized spacial score (nSPS) is 35.8. The lowest BCUT2D eigenvalue weighted by Crippen LogP contribution is -2.65. The van der Waals surface area contributed by atoms with Gasteiger partial charge in [-0.05, 0) is 6.42 Å². The quantitative estimate of drug-likeness (QED) is 0.0933. The molecule has 12 nitrogen and oxygen atoms in total. The molecule has 0 unspecified atom stereocenters. The van der Waals surface area contributed by atoms with Crippen molar-refractivity contribution in [3.05, 3.63) is 0 Å². The molecular formula is C26H48O12. The Bertz CT molecular complexity index is 650. The second-order valence-corrected chi connectivity index (χ2v) is 10.3. The summed E-state index contributed by atoms with van der Waals surface area (Å²) in [4.78, 5) is 12.4. The van der Waals surface area contributed by atoms with E-state index in [1.54, 1.807) is 0 Å². The topological polar surface area (TPSA) is 196 Å². The summed E-state index contributed by atoms with van der Waals surface area (Å²) in [6, 6.07) is 0. The molecule has 0 aromatic carbocycles. The maximum Gasteiger partial charge on any atom is 0.306 e. The number of aliphatic hydroxyl groups excluding tert-OH is 7. The first-order chi connectivity index (χ1) is 18.2. The first kappa shape index (κ1) is 33.3. The highest BCUT2D eigenvalue weighted by molar-refractivity contribution is 5.69. The van der Waals surface area contributed by atoms with Crippen molar-refractivity contribution in [2.45, 2.75) is 145 Å². The number of aliphatic hydroxyl groups is 7. The lowest BCUT2D eigenvalue weighted by Gasteiger charge is -2.45. The molecule has 2 aliphatic rings. The van der Waals surface area contributed by atoms with Crippen LogP contribution in [-0.4, -0.2) is 116 Å². The molecule has 0 aromatic heterocycles. The number of rotatable bonds is 17. The van der Waals surface area contributed by atoms with E-state index in [2.05, 4.69) is 6.92 Å². The van der Waals surface area contributed by atoms with Crippen molar-refractivity contribution in [3.63, 3.8) is 0 Å². The lowest BCUT2D eigenvalue weighted by atomic mass is 9.97. The minimum absolute atomic E-state index is 0.0922. The summed E-state index contributed by atoms with van der Waals surface area (Å²) in [5.41, 5.74) is 0. The Morgan fingerprint density at radius 3 is 1.76 bits per heavy atom. The molecule has 10 atom stereocenters. The molecular weight excluding hydrogens is 504 g/mol. The van der Waals surface area contributed by atoms with Crippen LogP contribution in [0.3, 0.4) is 0 Å². The fraction of sp³-hybridized carbons (Fsp3) is 0.962. The third kappa shape index (κ3) is 9.92. The van der Waals surface area contributed by atoms with Gasteiger partial charge in [0.1, 0.15) is 42.7 Å². The van der Waals surface area contributed by atoms with E-state index in [4.69, 9.17) is 18.9 Å². The number of hydrogen-bond acceptors (Lipinski definition) is 12. The number of esters is 1. The summed E-state index contributed by atoms with van der Waals surface area (Å²) < 4.78 is 21.3. The van der Waals surface area contributed by atoms with Gasteiger partial charge in [-0.15, -0.1) is 0 Å². The van der Waals surface area contributed by atoms with E-state index in [1.165, 1.54) is 44.9 Å². The molecule has 0 aromatic rings. The van der Waals surface area contributed by atoms with E-state index < -0.39 is 80.6 Å². The highest BCUT2D eigenvalue weighted by Crippen LogP contribution is 2.30. The first-order valence-electron chi connectivity index (χ1n) is 14.0. The first-order valence-corrected chi connectivity index (χ1v) is 14.0. The van der Waals surface area contributed by atoms with Gasteiger partial charge in [-0.25, -0.2) is 0 Å². The maximum absolute atomic E-state index is 12.4. The van der Waals surface area contributed by atoms with Gasteiger partial charge in [0.15, 0.2) is 18.7 Å². The molecule has 0 aliphatic carbocycles. The molecule has 0 radical (unpaired) electrons. The van der Waals surface area contributed by atoms with Gasteiger partial charge in [-0.2, -0.15) is 0 Å². The minimum atomic E-state index is -1.77. The third-order valence-electron chi connectivity index (χ3n) is 7.20. The molecule has 0 bridgehead atoms. The zero-order chi connectivity index (χ0) is 28.1. The van der Waals surface area contributed by atoms with Crippen LogP contribution in [-0.2, 0) is 23.7 Å². The molecule has 2 fully saturated rings. The zero-order valence-corrected chi connectivity index (χ0v) is 22.3. The molecule has 2 heterocycles. The number of hydrogen-bond donors (Lipinski definition) is 7. The molecule has 2 saturated heterocycles. The molecule has 0 saturated carbocycles. The van der Waals surface area contributed by atoms with E-state index in [-0.39, 0.29) is 6.42 Å². The Balaban J connectivity index is 1.81. The van der Waals surface area contributed by atoms with Gasteiger partial charge in [0.2, 0.25) is 0 Å². The van der Waals surface area contributed by atoms with Crippen LogP contribution >= 0.6 is 0 Å². The van der Waals surface area contributed by atoms with Crippen molar-refractivity contribution in [1.29, 1.82) is 0 Å². The highest BCUT2D eigenvalue weighted by Gasteiger charge is 2.51. The Morgan fingerprint density at radius 1 is 0.658 bits per heavy atom. The molecule has 38 heavy (non-hydrogen) atoms. The molecule has 224 valence electrons. The van der Waals surface area contributed by atoms with Gasteiger partial charge in [-0.3, -0.25) is 4.79 Å². The molecule has 0 spiro atoms. The standard InChI is InChI=1S/C26H48O12/c1-2-3-4-5-6-7-8-9-10-11-12-13-18(29)37-24-19(30)16(14-27)36-26(22(24)33)38-23-17(15-28)35-25(34)21(32)20(23)31/h16-17,19-28,30-34H,2-15H2,1H3/t16-,17-,19-,20-,21-,22-,23-,24+,25-,26-/m1/s1. The monoisotopic (exact) mass is 552 g/mol. The van der Waals surface area contributed by atoms with Crippen LogP contribution in [0.25, 0.3) is 0 Å². The van der Waals surface area contributed by atoms with E-state index in [9.17, 15) is 40.5 Å². The Morgan fingerprint density at radius 2 is 1.21 bits per heavy atom. The highest BCUT2D eigenvalue weighted by atomic mass is 16.7. The zero-order valence-electron chi connectivity index (χ0n) is 22.3. The molecule has 7 N–H and O–H groups in total. The number of ether oxygens (including phenoxy) is 4. The van der Waals surface area contributed by atoms with Crippen LogP contribution in [0.4, 0.5) is 0 Å². The van der Waals surface area contributed by atoms with Crippen LogP contribution in [0.15, 0.2) is 0 Å². The lowest BCUT2D eigenvalue weighted by molar-refractivity contribution is -0.355. The van der Waals surface area contributed by atoms with Crippen LogP contribution in [0.1, 0.15) is 84.0 Å². The van der Waals surface area contributed by atoms with Gasteiger partial charge in [0.25, 0.3) is 0 Å². The summed E-state index contributed by atoms with van der Waals surface area (Å²) in [7, 11) is 0. The fourth-order valence-corrected chi connectivity index (χ4v) is 4.84. The van der Waals surface area contributed by atoms with Crippen molar-refractivity contribution in [1.82, 2.24) is 0 Å².